The summed E-state index contributed by atoms with van der Waals surface area (Å²) in [5.41, 5.74) is 0. The highest BCUT2D eigenvalue weighted by molar-refractivity contribution is 7.98. The third-order valence-electron chi connectivity index (χ3n) is 3.75. The summed E-state index contributed by atoms with van der Waals surface area (Å²) in [6.45, 7) is 7.96. The predicted octanol–water partition coefficient (Wildman–Crippen LogP) is 1.53. The van der Waals surface area contributed by atoms with Gasteiger partial charge in [0.05, 0.1) is 0 Å². The molecule has 1 saturated heterocycles. The molecule has 2 atom stereocenters. The van der Waals surface area contributed by atoms with Crippen LogP contribution in [0.2, 0.25) is 0 Å². The standard InChI is InChI=1S/C14H31N3O2S2/c1-4-7-15-10-14-6-5-8-17(11-14)21(18,19)16-9-13(2)12-20-3/h13-16H,4-12H2,1-3H3. The SMILES string of the molecule is CCCNCC1CCCN(S(=O)(=O)NCC(C)CSC)C1. The van der Waals surface area contributed by atoms with Crippen molar-refractivity contribution in [1.29, 1.82) is 0 Å². The lowest BCUT2D eigenvalue weighted by Gasteiger charge is -2.32. The second-order valence-electron chi connectivity index (χ2n) is 5.98. The van der Waals surface area contributed by atoms with E-state index < -0.39 is 10.2 Å². The number of thioether (sulfide) groups is 1. The Hall–Kier alpha value is 0.180. The van der Waals surface area contributed by atoms with E-state index in [1.807, 2.05) is 6.26 Å². The maximum Gasteiger partial charge on any atom is 0.279 e. The third kappa shape index (κ3) is 7.32. The molecule has 0 aromatic carbocycles. The van der Waals surface area contributed by atoms with E-state index in [2.05, 4.69) is 23.9 Å². The molecule has 21 heavy (non-hydrogen) atoms. The van der Waals surface area contributed by atoms with Crippen LogP contribution in [0.1, 0.15) is 33.1 Å². The van der Waals surface area contributed by atoms with Crippen molar-refractivity contribution in [3.63, 3.8) is 0 Å². The normalized spacial score (nSPS) is 22.3. The Balaban J connectivity index is 2.42. The molecule has 5 nitrogen and oxygen atoms in total. The molecule has 1 rings (SSSR count). The zero-order valence-corrected chi connectivity index (χ0v) is 15.2. The molecule has 7 heteroatoms. The Morgan fingerprint density at radius 2 is 2.19 bits per heavy atom. The van der Waals surface area contributed by atoms with Crippen molar-refractivity contribution in [2.24, 2.45) is 11.8 Å². The van der Waals surface area contributed by atoms with Crippen LogP contribution in [0.25, 0.3) is 0 Å². The number of hydrogen-bond donors (Lipinski definition) is 2. The second-order valence-corrected chi connectivity index (χ2v) is 8.65. The van der Waals surface area contributed by atoms with Crippen LogP contribution in [-0.2, 0) is 10.2 Å². The highest BCUT2D eigenvalue weighted by Gasteiger charge is 2.28. The van der Waals surface area contributed by atoms with E-state index in [1.165, 1.54) is 0 Å². The zero-order chi connectivity index (χ0) is 15.7. The van der Waals surface area contributed by atoms with Gasteiger partial charge in [0.2, 0.25) is 0 Å². The van der Waals surface area contributed by atoms with Crippen molar-refractivity contribution in [1.82, 2.24) is 14.3 Å². The molecule has 0 aromatic rings. The fourth-order valence-corrected chi connectivity index (χ4v) is 4.72. The predicted molar refractivity (Wildman–Crippen MR) is 91.9 cm³/mol. The van der Waals surface area contributed by atoms with Crippen molar-refractivity contribution >= 4 is 22.0 Å². The maximum absolute atomic E-state index is 12.4. The van der Waals surface area contributed by atoms with E-state index in [0.717, 1.165) is 38.1 Å². The molecule has 2 unspecified atom stereocenters. The Morgan fingerprint density at radius 3 is 2.86 bits per heavy atom. The van der Waals surface area contributed by atoms with E-state index in [9.17, 15) is 8.42 Å². The van der Waals surface area contributed by atoms with E-state index in [4.69, 9.17) is 0 Å². The summed E-state index contributed by atoms with van der Waals surface area (Å²) in [6.07, 6.45) is 5.23. The minimum Gasteiger partial charge on any atom is -0.316 e. The summed E-state index contributed by atoms with van der Waals surface area (Å²) in [7, 11) is -3.31. The largest absolute Gasteiger partial charge is 0.316 e. The van der Waals surface area contributed by atoms with Crippen molar-refractivity contribution in [2.75, 3.05) is 44.7 Å². The van der Waals surface area contributed by atoms with Gasteiger partial charge in [-0.3, -0.25) is 0 Å². The summed E-state index contributed by atoms with van der Waals surface area (Å²) >= 11 is 1.75. The first-order chi connectivity index (χ1) is 9.99. The lowest BCUT2D eigenvalue weighted by atomic mass is 10.00. The van der Waals surface area contributed by atoms with Gasteiger partial charge in [-0.1, -0.05) is 13.8 Å². The molecule has 2 N–H and O–H groups in total. The highest BCUT2D eigenvalue weighted by atomic mass is 32.2. The van der Waals surface area contributed by atoms with Gasteiger partial charge < -0.3 is 5.32 Å². The van der Waals surface area contributed by atoms with Gasteiger partial charge in [0.1, 0.15) is 0 Å². The van der Waals surface area contributed by atoms with Crippen molar-refractivity contribution < 1.29 is 8.42 Å². The summed E-state index contributed by atoms with van der Waals surface area (Å²) in [5, 5.41) is 3.40. The van der Waals surface area contributed by atoms with Crippen LogP contribution >= 0.6 is 11.8 Å². The second kappa shape index (κ2) is 10.0. The van der Waals surface area contributed by atoms with Gasteiger partial charge in [-0.05, 0) is 56.2 Å². The van der Waals surface area contributed by atoms with E-state index in [1.54, 1.807) is 16.1 Å². The maximum atomic E-state index is 12.4. The van der Waals surface area contributed by atoms with Crippen molar-refractivity contribution in [3.05, 3.63) is 0 Å². The van der Waals surface area contributed by atoms with E-state index in [-0.39, 0.29) is 0 Å². The quantitative estimate of drug-likeness (QED) is 0.594. The Labute approximate surface area is 134 Å². The molecule has 0 saturated carbocycles. The van der Waals surface area contributed by atoms with Gasteiger partial charge in [0, 0.05) is 19.6 Å². The summed E-state index contributed by atoms with van der Waals surface area (Å²) in [4.78, 5) is 0. The van der Waals surface area contributed by atoms with Crippen molar-refractivity contribution in [3.8, 4) is 0 Å². The smallest absolute Gasteiger partial charge is 0.279 e. The first-order valence-electron chi connectivity index (χ1n) is 7.94. The molecule has 0 bridgehead atoms. The summed E-state index contributed by atoms with van der Waals surface area (Å²) in [5.74, 6) is 1.78. The fraction of sp³-hybridized carbons (Fsp3) is 1.00. The van der Waals surface area contributed by atoms with Gasteiger partial charge >= 0.3 is 0 Å². The molecule has 1 fully saturated rings. The zero-order valence-electron chi connectivity index (χ0n) is 13.6. The first-order valence-corrected chi connectivity index (χ1v) is 10.8. The van der Waals surface area contributed by atoms with Crippen LogP contribution in [0, 0.1) is 11.8 Å². The summed E-state index contributed by atoms with van der Waals surface area (Å²) in [6, 6.07) is 0. The Kier molecular flexibility index (Phi) is 9.20. The lowest BCUT2D eigenvalue weighted by molar-refractivity contribution is 0.257. The molecule has 1 aliphatic rings. The number of hydrogen-bond acceptors (Lipinski definition) is 4. The molecule has 0 aromatic heterocycles. The molecule has 0 amide bonds. The Morgan fingerprint density at radius 1 is 1.43 bits per heavy atom. The van der Waals surface area contributed by atoms with Crippen LogP contribution < -0.4 is 10.0 Å². The topological polar surface area (TPSA) is 61.4 Å². The first kappa shape index (κ1) is 19.2. The minimum atomic E-state index is -3.31. The van der Waals surface area contributed by atoms with Gasteiger partial charge in [0.15, 0.2) is 0 Å². The van der Waals surface area contributed by atoms with Crippen LogP contribution in [-0.4, -0.2) is 57.5 Å². The monoisotopic (exact) mass is 337 g/mol. The molecule has 126 valence electrons. The van der Waals surface area contributed by atoms with Gasteiger partial charge in [-0.25, -0.2) is 4.72 Å². The van der Waals surface area contributed by atoms with E-state index >= 15 is 0 Å². The van der Waals surface area contributed by atoms with E-state index in [0.29, 0.717) is 31.5 Å². The number of nitrogens with one attached hydrogen (secondary N) is 2. The average molecular weight is 338 g/mol. The van der Waals surface area contributed by atoms with Crippen LogP contribution in [0.15, 0.2) is 0 Å². The number of piperidine rings is 1. The minimum absolute atomic E-state index is 0.363. The van der Waals surface area contributed by atoms with Gasteiger partial charge in [-0.2, -0.15) is 24.5 Å². The van der Waals surface area contributed by atoms with Crippen molar-refractivity contribution in [2.45, 2.75) is 33.1 Å². The third-order valence-corrected chi connectivity index (χ3v) is 6.19. The molecular weight excluding hydrogens is 306 g/mol. The highest BCUT2D eigenvalue weighted by Crippen LogP contribution is 2.18. The fourth-order valence-electron chi connectivity index (χ4n) is 2.58. The average Bonchev–Trinajstić information content (AvgIpc) is 2.46. The van der Waals surface area contributed by atoms with Crippen LogP contribution in [0.4, 0.5) is 0 Å². The summed E-state index contributed by atoms with van der Waals surface area (Å²) < 4.78 is 29.1. The molecule has 0 radical (unpaired) electrons. The Bertz CT molecular complexity index is 376. The number of nitrogens with zero attached hydrogens (tertiary/aromatic N) is 1. The molecule has 0 aliphatic carbocycles. The molecule has 1 aliphatic heterocycles. The molecular formula is C14H31N3O2S2. The number of rotatable bonds is 10. The molecule has 0 spiro atoms. The molecule has 1 heterocycles. The van der Waals surface area contributed by atoms with Crippen LogP contribution in [0.3, 0.4) is 0 Å². The van der Waals surface area contributed by atoms with Gasteiger partial charge in [-0.15, -0.1) is 0 Å². The van der Waals surface area contributed by atoms with Crippen LogP contribution in [0.5, 0.6) is 0 Å². The lowest BCUT2D eigenvalue weighted by Crippen LogP contribution is -2.48. The van der Waals surface area contributed by atoms with Gasteiger partial charge in [0.25, 0.3) is 10.2 Å².